The SMILES string of the molecule is C[C@H]1CN(C(=O)OC(C)(C)C)C[C@]1(C)O. The Hall–Kier alpha value is -0.770. The zero-order chi connectivity index (χ0) is 11.9. The van der Waals surface area contributed by atoms with Crippen LogP contribution < -0.4 is 0 Å². The van der Waals surface area contributed by atoms with Gasteiger partial charge in [-0.25, -0.2) is 4.79 Å². The molecule has 0 aromatic carbocycles. The van der Waals surface area contributed by atoms with Crippen molar-refractivity contribution in [3.63, 3.8) is 0 Å². The van der Waals surface area contributed by atoms with Crippen molar-refractivity contribution in [2.24, 2.45) is 5.92 Å². The van der Waals surface area contributed by atoms with Gasteiger partial charge in [-0.15, -0.1) is 0 Å². The molecule has 2 atom stereocenters. The van der Waals surface area contributed by atoms with Crippen LogP contribution >= 0.6 is 0 Å². The van der Waals surface area contributed by atoms with Crippen molar-refractivity contribution in [1.29, 1.82) is 0 Å². The lowest BCUT2D eigenvalue weighted by Gasteiger charge is -2.25. The van der Waals surface area contributed by atoms with Gasteiger partial charge in [-0.3, -0.25) is 0 Å². The zero-order valence-electron chi connectivity index (χ0n) is 10.2. The molecule has 0 aliphatic carbocycles. The number of carbonyl (C=O) groups excluding carboxylic acids is 1. The van der Waals surface area contributed by atoms with Crippen molar-refractivity contribution in [3.8, 4) is 0 Å². The highest BCUT2D eigenvalue weighted by Gasteiger charge is 2.41. The van der Waals surface area contributed by atoms with Gasteiger partial charge < -0.3 is 14.7 Å². The highest BCUT2D eigenvalue weighted by atomic mass is 16.6. The Morgan fingerprint density at radius 2 is 2.07 bits per heavy atom. The van der Waals surface area contributed by atoms with E-state index >= 15 is 0 Å². The van der Waals surface area contributed by atoms with Crippen LogP contribution in [0.15, 0.2) is 0 Å². The Morgan fingerprint density at radius 3 is 2.40 bits per heavy atom. The van der Waals surface area contributed by atoms with E-state index < -0.39 is 11.2 Å². The number of ether oxygens (including phenoxy) is 1. The molecule has 88 valence electrons. The number of aliphatic hydroxyl groups is 1. The van der Waals surface area contributed by atoms with Crippen LogP contribution in [0.5, 0.6) is 0 Å². The smallest absolute Gasteiger partial charge is 0.410 e. The second-order valence-electron chi connectivity index (χ2n) is 5.62. The molecule has 1 rings (SSSR count). The van der Waals surface area contributed by atoms with E-state index in [0.29, 0.717) is 13.1 Å². The van der Waals surface area contributed by atoms with Gasteiger partial charge in [0, 0.05) is 12.5 Å². The molecule has 0 unspecified atom stereocenters. The molecule has 0 saturated carbocycles. The first kappa shape index (κ1) is 12.3. The van der Waals surface area contributed by atoms with E-state index in [0.717, 1.165) is 0 Å². The van der Waals surface area contributed by atoms with Gasteiger partial charge in [0.15, 0.2) is 0 Å². The van der Waals surface area contributed by atoms with Crippen LogP contribution in [-0.2, 0) is 4.74 Å². The number of rotatable bonds is 0. The molecule has 4 nitrogen and oxygen atoms in total. The maximum absolute atomic E-state index is 11.7. The molecule has 0 bridgehead atoms. The first-order valence-electron chi connectivity index (χ1n) is 5.32. The largest absolute Gasteiger partial charge is 0.444 e. The fraction of sp³-hybridized carbons (Fsp3) is 0.909. The minimum atomic E-state index is -0.795. The summed E-state index contributed by atoms with van der Waals surface area (Å²) >= 11 is 0. The van der Waals surface area contributed by atoms with E-state index in [4.69, 9.17) is 4.74 Å². The first-order chi connectivity index (χ1) is 6.62. The Morgan fingerprint density at radius 1 is 1.53 bits per heavy atom. The Kier molecular flexibility index (Phi) is 3.01. The number of nitrogens with zero attached hydrogens (tertiary/aromatic N) is 1. The molecule has 0 aromatic rings. The zero-order valence-corrected chi connectivity index (χ0v) is 10.2. The minimum Gasteiger partial charge on any atom is -0.444 e. The van der Waals surface area contributed by atoms with Gasteiger partial charge >= 0.3 is 6.09 Å². The normalized spacial score (nSPS) is 31.9. The van der Waals surface area contributed by atoms with Crippen LogP contribution in [0.1, 0.15) is 34.6 Å². The van der Waals surface area contributed by atoms with Crippen molar-refractivity contribution in [2.75, 3.05) is 13.1 Å². The number of hydrogen-bond donors (Lipinski definition) is 1. The lowest BCUT2D eigenvalue weighted by molar-refractivity contribution is 0.0152. The summed E-state index contributed by atoms with van der Waals surface area (Å²) in [5, 5.41) is 9.93. The van der Waals surface area contributed by atoms with E-state index in [1.54, 1.807) is 11.8 Å². The molecule has 1 N–H and O–H groups in total. The molecule has 1 saturated heterocycles. The van der Waals surface area contributed by atoms with E-state index in [-0.39, 0.29) is 12.0 Å². The van der Waals surface area contributed by atoms with Crippen molar-refractivity contribution in [3.05, 3.63) is 0 Å². The molecule has 0 aromatic heterocycles. The van der Waals surface area contributed by atoms with Crippen molar-refractivity contribution < 1.29 is 14.6 Å². The maximum atomic E-state index is 11.7. The molecule has 15 heavy (non-hydrogen) atoms. The summed E-state index contributed by atoms with van der Waals surface area (Å²) < 4.78 is 5.24. The van der Waals surface area contributed by atoms with Gasteiger partial charge in [0.25, 0.3) is 0 Å². The number of hydrogen-bond acceptors (Lipinski definition) is 3. The summed E-state index contributed by atoms with van der Waals surface area (Å²) in [5.74, 6) is 0.0880. The van der Waals surface area contributed by atoms with Crippen LogP contribution in [0.25, 0.3) is 0 Å². The molecule has 1 heterocycles. The van der Waals surface area contributed by atoms with Gasteiger partial charge in [0.2, 0.25) is 0 Å². The summed E-state index contributed by atoms with van der Waals surface area (Å²) in [5.41, 5.74) is -1.27. The third-order valence-corrected chi connectivity index (χ3v) is 2.72. The Labute approximate surface area is 91.2 Å². The first-order valence-corrected chi connectivity index (χ1v) is 5.32. The second-order valence-corrected chi connectivity index (χ2v) is 5.62. The quantitative estimate of drug-likeness (QED) is 0.668. The summed E-state index contributed by atoms with van der Waals surface area (Å²) in [6.45, 7) is 10.1. The predicted molar refractivity (Wildman–Crippen MR) is 57.6 cm³/mol. The van der Waals surface area contributed by atoms with Crippen molar-refractivity contribution in [2.45, 2.75) is 45.8 Å². The monoisotopic (exact) mass is 215 g/mol. The molecule has 1 amide bonds. The van der Waals surface area contributed by atoms with Gasteiger partial charge in [-0.1, -0.05) is 6.92 Å². The second kappa shape index (κ2) is 3.67. The Balaban J connectivity index is 2.58. The standard InChI is InChI=1S/C11H21NO3/c1-8-6-12(7-11(8,5)14)9(13)15-10(2,3)4/h8,14H,6-7H2,1-5H3/t8-,11-/m0/s1. The average Bonchev–Trinajstić information content (AvgIpc) is 2.23. The van der Waals surface area contributed by atoms with Gasteiger partial charge in [-0.05, 0) is 27.7 Å². The number of β-amino-alcohol motifs (C(OH)–C–C–N with tert-alkyl or cyclic N) is 1. The highest BCUT2D eigenvalue weighted by Crippen LogP contribution is 2.27. The Bertz CT molecular complexity index is 255. The summed E-state index contributed by atoms with van der Waals surface area (Å²) in [7, 11) is 0. The van der Waals surface area contributed by atoms with Crippen molar-refractivity contribution >= 4 is 6.09 Å². The summed E-state index contributed by atoms with van der Waals surface area (Å²) in [6.07, 6.45) is -0.341. The topological polar surface area (TPSA) is 49.8 Å². The highest BCUT2D eigenvalue weighted by molar-refractivity contribution is 5.68. The molecule has 0 spiro atoms. The third kappa shape index (κ3) is 3.09. The fourth-order valence-corrected chi connectivity index (χ4v) is 1.60. The van der Waals surface area contributed by atoms with Crippen LogP contribution in [0.2, 0.25) is 0 Å². The molecule has 1 fully saturated rings. The maximum Gasteiger partial charge on any atom is 0.410 e. The van der Waals surface area contributed by atoms with E-state index in [1.807, 2.05) is 27.7 Å². The molecule has 0 radical (unpaired) electrons. The third-order valence-electron chi connectivity index (χ3n) is 2.72. The van der Waals surface area contributed by atoms with Gasteiger partial charge in [0.1, 0.15) is 5.60 Å². The lowest BCUT2D eigenvalue weighted by Crippen LogP contribution is -2.38. The number of carbonyl (C=O) groups is 1. The molecule has 4 heteroatoms. The van der Waals surface area contributed by atoms with Gasteiger partial charge in [0.05, 0.1) is 12.1 Å². The average molecular weight is 215 g/mol. The predicted octanol–water partition coefficient (Wildman–Crippen LogP) is 1.62. The lowest BCUT2D eigenvalue weighted by atomic mass is 9.95. The number of amides is 1. The van der Waals surface area contributed by atoms with Crippen LogP contribution in [0, 0.1) is 5.92 Å². The van der Waals surface area contributed by atoms with E-state index in [1.165, 1.54) is 0 Å². The summed E-state index contributed by atoms with van der Waals surface area (Å²) in [4.78, 5) is 13.3. The van der Waals surface area contributed by atoms with Crippen LogP contribution in [0.4, 0.5) is 4.79 Å². The minimum absolute atomic E-state index is 0.0880. The molecular weight excluding hydrogens is 194 g/mol. The number of likely N-dealkylation sites (tertiary alicyclic amines) is 1. The summed E-state index contributed by atoms with van der Waals surface area (Å²) in [6, 6.07) is 0. The fourth-order valence-electron chi connectivity index (χ4n) is 1.60. The van der Waals surface area contributed by atoms with E-state index in [9.17, 15) is 9.90 Å². The molecule has 1 aliphatic heterocycles. The van der Waals surface area contributed by atoms with Crippen molar-refractivity contribution in [1.82, 2.24) is 4.90 Å². The van der Waals surface area contributed by atoms with E-state index in [2.05, 4.69) is 0 Å². The van der Waals surface area contributed by atoms with Gasteiger partial charge in [-0.2, -0.15) is 0 Å². The van der Waals surface area contributed by atoms with Crippen LogP contribution in [-0.4, -0.2) is 40.4 Å². The molecule has 1 aliphatic rings. The molecular formula is C11H21NO3. The van der Waals surface area contributed by atoms with Crippen LogP contribution in [0.3, 0.4) is 0 Å².